The molecule has 0 atom stereocenters. The highest BCUT2D eigenvalue weighted by molar-refractivity contribution is 6.35. The van der Waals surface area contributed by atoms with E-state index in [0.29, 0.717) is 0 Å². The summed E-state index contributed by atoms with van der Waals surface area (Å²) in [5.74, 6) is 0.865. The van der Waals surface area contributed by atoms with Crippen LogP contribution >= 0.6 is 0 Å². The van der Waals surface area contributed by atoms with Gasteiger partial charge in [-0.2, -0.15) is 0 Å². The van der Waals surface area contributed by atoms with Crippen LogP contribution in [0.3, 0.4) is 0 Å². The molecule has 0 unspecified atom stereocenters. The van der Waals surface area contributed by atoms with Crippen molar-refractivity contribution in [3.63, 3.8) is 0 Å². The molecule has 0 fully saturated rings. The molecule has 3 heterocycles. The number of rotatable bonds is 3. The summed E-state index contributed by atoms with van der Waals surface area (Å²) in [5, 5.41) is 9.30. The average Bonchev–Trinajstić information content (AvgIpc) is 3.69. The monoisotopic (exact) mass is 586 g/mol. The van der Waals surface area contributed by atoms with E-state index >= 15 is 0 Å². The number of pyridine rings is 1. The van der Waals surface area contributed by atoms with Crippen LogP contribution < -0.4 is 0 Å². The number of aromatic nitrogens is 2. The van der Waals surface area contributed by atoms with E-state index < -0.39 is 0 Å². The standard InChI is InChI=1S/C43H26N2O/c1-2-12-27(13-3-1)28-22-24-29(25-23-28)41-31-15-5-4-14-30(31)26-38(44-41)45-36-20-10-8-18-34(36)39-32-16-6-7-17-33(32)40-35-19-9-11-21-37(35)46-43(40)42(39)45/h1-26H. The fourth-order valence-corrected chi connectivity index (χ4v) is 7.33. The second kappa shape index (κ2) is 9.65. The van der Waals surface area contributed by atoms with Gasteiger partial charge in [0.1, 0.15) is 11.4 Å². The molecule has 0 spiro atoms. The maximum absolute atomic E-state index is 6.77. The van der Waals surface area contributed by atoms with Crippen LogP contribution in [0.1, 0.15) is 0 Å². The number of benzene rings is 7. The number of fused-ring (bicyclic) bond motifs is 11. The van der Waals surface area contributed by atoms with Gasteiger partial charge in [0.05, 0.1) is 16.7 Å². The summed E-state index contributed by atoms with van der Waals surface area (Å²) in [6.45, 7) is 0. The van der Waals surface area contributed by atoms with Gasteiger partial charge in [-0.1, -0.05) is 140 Å². The zero-order chi connectivity index (χ0) is 30.2. The lowest BCUT2D eigenvalue weighted by Crippen LogP contribution is -2.00. The Kier molecular flexibility index (Phi) is 5.28. The minimum atomic E-state index is 0.865. The van der Waals surface area contributed by atoms with Gasteiger partial charge in [0, 0.05) is 32.5 Å². The van der Waals surface area contributed by atoms with Crippen molar-refractivity contribution in [2.75, 3.05) is 0 Å². The van der Waals surface area contributed by atoms with E-state index in [4.69, 9.17) is 9.40 Å². The quantitative estimate of drug-likeness (QED) is 0.206. The normalized spacial score (nSPS) is 11.9. The van der Waals surface area contributed by atoms with Crippen molar-refractivity contribution < 1.29 is 4.42 Å². The van der Waals surface area contributed by atoms with Gasteiger partial charge in [0.25, 0.3) is 0 Å². The topological polar surface area (TPSA) is 31.0 Å². The van der Waals surface area contributed by atoms with Crippen molar-refractivity contribution in [1.82, 2.24) is 9.55 Å². The summed E-state index contributed by atoms with van der Waals surface area (Å²) in [4.78, 5) is 5.48. The first-order valence-electron chi connectivity index (χ1n) is 15.6. The van der Waals surface area contributed by atoms with Gasteiger partial charge in [-0.15, -0.1) is 0 Å². The summed E-state index contributed by atoms with van der Waals surface area (Å²) in [6, 6.07) is 55.8. The molecule has 3 heteroatoms. The third-order valence-electron chi connectivity index (χ3n) is 9.37. The van der Waals surface area contributed by atoms with Crippen LogP contribution in [0.2, 0.25) is 0 Å². The summed E-state index contributed by atoms with van der Waals surface area (Å²) in [6.07, 6.45) is 0. The fourth-order valence-electron chi connectivity index (χ4n) is 7.33. The van der Waals surface area contributed by atoms with Gasteiger partial charge in [0.2, 0.25) is 0 Å². The van der Waals surface area contributed by atoms with Crippen LogP contribution in [0.5, 0.6) is 0 Å². The SMILES string of the molecule is c1ccc(-c2ccc(-c3nc(-n4c5ccccc5c5c6ccccc6c6c7ccccc7oc6c54)cc4ccccc34)cc2)cc1. The number of para-hydroxylation sites is 2. The molecule has 10 rings (SSSR count). The van der Waals surface area contributed by atoms with E-state index in [9.17, 15) is 0 Å². The van der Waals surface area contributed by atoms with Crippen LogP contribution in [0.4, 0.5) is 0 Å². The van der Waals surface area contributed by atoms with Crippen molar-refractivity contribution in [2.45, 2.75) is 0 Å². The van der Waals surface area contributed by atoms with Gasteiger partial charge >= 0.3 is 0 Å². The van der Waals surface area contributed by atoms with Gasteiger partial charge in [0.15, 0.2) is 5.58 Å². The van der Waals surface area contributed by atoms with E-state index in [-0.39, 0.29) is 0 Å². The molecule has 7 aromatic carbocycles. The Morgan fingerprint density at radius 3 is 1.85 bits per heavy atom. The first kappa shape index (κ1) is 25.2. The Bertz CT molecular complexity index is 2790. The van der Waals surface area contributed by atoms with Gasteiger partial charge < -0.3 is 4.42 Å². The predicted octanol–water partition coefficient (Wildman–Crippen LogP) is 11.7. The maximum Gasteiger partial charge on any atom is 0.160 e. The zero-order valence-corrected chi connectivity index (χ0v) is 24.8. The first-order valence-corrected chi connectivity index (χ1v) is 15.6. The highest BCUT2D eigenvalue weighted by Crippen LogP contribution is 2.45. The van der Waals surface area contributed by atoms with Crippen LogP contribution in [-0.4, -0.2) is 9.55 Å². The zero-order valence-electron chi connectivity index (χ0n) is 24.8. The highest BCUT2D eigenvalue weighted by Gasteiger charge is 2.23. The van der Waals surface area contributed by atoms with E-state index in [1.807, 2.05) is 6.07 Å². The summed E-state index contributed by atoms with van der Waals surface area (Å²) in [7, 11) is 0. The summed E-state index contributed by atoms with van der Waals surface area (Å²) >= 11 is 0. The molecular weight excluding hydrogens is 560 g/mol. The lowest BCUT2D eigenvalue weighted by Gasteiger charge is -2.13. The molecule has 0 saturated heterocycles. The fraction of sp³-hybridized carbons (Fsp3) is 0. The number of furan rings is 1. The minimum absolute atomic E-state index is 0.865. The average molecular weight is 587 g/mol. The summed E-state index contributed by atoms with van der Waals surface area (Å²) in [5.41, 5.74) is 8.34. The second-order valence-corrected chi connectivity index (χ2v) is 11.9. The van der Waals surface area contributed by atoms with Crippen LogP contribution in [0.25, 0.3) is 93.5 Å². The van der Waals surface area contributed by atoms with Crippen molar-refractivity contribution >= 4 is 65.3 Å². The van der Waals surface area contributed by atoms with Crippen molar-refractivity contribution in [1.29, 1.82) is 0 Å². The Hall–Kier alpha value is -6.19. The first-order chi connectivity index (χ1) is 22.8. The van der Waals surface area contributed by atoms with Crippen LogP contribution in [-0.2, 0) is 0 Å². The van der Waals surface area contributed by atoms with Crippen molar-refractivity contribution in [2.24, 2.45) is 0 Å². The molecule has 46 heavy (non-hydrogen) atoms. The highest BCUT2D eigenvalue weighted by atomic mass is 16.3. The van der Waals surface area contributed by atoms with Crippen LogP contribution in [0, 0.1) is 0 Å². The lowest BCUT2D eigenvalue weighted by atomic mass is 9.99. The molecule has 0 N–H and O–H groups in total. The molecule has 3 aromatic heterocycles. The third-order valence-corrected chi connectivity index (χ3v) is 9.37. The van der Waals surface area contributed by atoms with E-state index in [1.165, 1.54) is 32.7 Å². The Labute approximate surface area is 264 Å². The number of nitrogens with zero attached hydrogens (tertiary/aromatic N) is 2. The van der Waals surface area contributed by atoms with Gasteiger partial charge in [-0.25, -0.2) is 4.98 Å². The molecule has 10 aromatic rings. The van der Waals surface area contributed by atoms with Gasteiger partial charge in [-0.05, 0) is 45.5 Å². The van der Waals surface area contributed by atoms with Gasteiger partial charge in [-0.3, -0.25) is 4.57 Å². The van der Waals surface area contributed by atoms with E-state index in [2.05, 4.69) is 156 Å². The number of hydrogen-bond donors (Lipinski definition) is 0. The van der Waals surface area contributed by atoms with Crippen molar-refractivity contribution in [3.8, 4) is 28.2 Å². The summed E-state index contributed by atoms with van der Waals surface area (Å²) < 4.78 is 9.09. The van der Waals surface area contributed by atoms with E-state index in [0.717, 1.165) is 60.8 Å². The molecule has 0 radical (unpaired) electrons. The largest absolute Gasteiger partial charge is 0.454 e. The smallest absolute Gasteiger partial charge is 0.160 e. The van der Waals surface area contributed by atoms with Crippen molar-refractivity contribution in [3.05, 3.63) is 158 Å². The molecule has 0 bridgehead atoms. The lowest BCUT2D eigenvalue weighted by molar-refractivity contribution is 0.671. The Morgan fingerprint density at radius 2 is 1.04 bits per heavy atom. The molecule has 214 valence electrons. The minimum Gasteiger partial charge on any atom is -0.454 e. The Morgan fingerprint density at radius 1 is 0.457 bits per heavy atom. The molecule has 3 nitrogen and oxygen atoms in total. The predicted molar refractivity (Wildman–Crippen MR) is 192 cm³/mol. The Balaban J connectivity index is 1.33. The number of hydrogen-bond acceptors (Lipinski definition) is 2. The molecule has 0 amide bonds. The third kappa shape index (κ3) is 3.57. The molecular formula is C43H26N2O. The van der Waals surface area contributed by atoms with Crippen LogP contribution in [0.15, 0.2) is 162 Å². The molecule has 0 aliphatic carbocycles. The second-order valence-electron chi connectivity index (χ2n) is 11.9. The maximum atomic E-state index is 6.77. The molecule has 0 aliphatic rings. The molecule has 0 aliphatic heterocycles. The molecule has 0 saturated carbocycles. The van der Waals surface area contributed by atoms with E-state index in [1.54, 1.807) is 0 Å².